The van der Waals surface area contributed by atoms with Crippen LogP contribution in [0.25, 0.3) is 0 Å². The molecule has 2 rings (SSSR count). The molecule has 28 heavy (non-hydrogen) atoms. The van der Waals surface area contributed by atoms with Crippen LogP contribution in [0.3, 0.4) is 0 Å². The predicted octanol–water partition coefficient (Wildman–Crippen LogP) is 3.09. The van der Waals surface area contributed by atoms with Gasteiger partial charge in [0.25, 0.3) is 11.6 Å². The summed E-state index contributed by atoms with van der Waals surface area (Å²) >= 11 is 0. The fourth-order valence-electron chi connectivity index (χ4n) is 2.31. The van der Waals surface area contributed by atoms with Crippen molar-refractivity contribution in [2.75, 3.05) is 13.2 Å². The molecule has 0 spiro atoms. The minimum absolute atomic E-state index is 0.110. The maximum absolute atomic E-state index is 12.5. The molecule has 1 amide bonds. The normalized spacial score (nSPS) is 12.3. The summed E-state index contributed by atoms with van der Waals surface area (Å²) in [5.74, 6) is -0.393. The van der Waals surface area contributed by atoms with Crippen LogP contribution in [0.2, 0.25) is 0 Å². The van der Waals surface area contributed by atoms with Crippen molar-refractivity contribution in [2.45, 2.75) is 19.2 Å². The first kappa shape index (κ1) is 21.2. The highest BCUT2D eigenvalue weighted by atomic mass is 19.4. The van der Waals surface area contributed by atoms with Gasteiger partial charge in [0.15, 0.2) is 0 Å². The molecule has 2 N–H and O–H groups in total. The fraction of sp³-hybridized carbons (Fsp3) is 0.278. The second-order valence-electron chi connectivity index (χ2n) is 5.96. The van der Waals surface area contributed by atoms with Crippen molar-refractivity contribution in [3.05, 3.63) is 69.3 Å². The van der Waals surface area contributed by atoms with Gasteiger partial charge in [0.2, 0.25) is 0 Å². The molecule has 0 bridgehead atoms. The number of halogens is 3. The Kier molecular flexibility index (Phi) is 6.57. The summed E-state index contributed by atoms with van der Waals surface area (Å²) in [7, 11) is 0. The summed E-state index contributed by atoms with van der Waals surface area (Å²) in [5, 5.41) is 23.1. The minimum atomic E-state index is -4.45. The largest absolute Gasteiger partial charge is 0.491 e. The molecule has 10 heteroatoms. The monoisotopic (exact) mass is 398 g/mol. The van der Waals surface area contributed by atoms with Gasteiger partial charge < -0.3 is 15.2 Å². The Balaban J connectivity index is 1.83. The molecule has 0 fully saturated rings. The summed E-state index contributed by atoms with van der Waals surface area (Å²) < 4.78 is 42.6. The van der Waals surface area contributed by atoms with Crippen LogP contribution in [0.4, 0.5) is 18.9 Å². The Morgan fingerprint density at radius 1 is 1.25 bits per heavy atom. The highest BCUT2D eigenvalue weighted by Gasteiger charge is 2.30. The SMILES string of the molecule is Cc1cc(C(=O)NCC(O)COc2ccc(C(F)(F)F)cc2)ccc1[N+](=O)[O-]. The number of ether oxygens (including phenoxy) is 1. The van der Waals surface area contributed by atoms with E-state index in [2.05, 4.69) is 5.32 Å². The summed E-state index contributed by atoms with van der Waals surface area (Å²) in [6.07, 6.45) is -5.55. The third-order valence-corrected chi connectivity index (χ3v) is 3.78. The highest BCUT2D eigenvalue weighted by Crippen LogP contribution is 2.30. The molecule has 0 aliphatic heterocycles. The van der Waals surface area contributed by atoms with E-state index in [1.54, 1.807) is 0 Å². The number of hydrogen-bond acceptors (Lipinski definition) is 5. The van der Waals surface area contributed by atoms with Crippen molar-refractivity contribution < 1.29 is 32.7 Å². The zero-order valence-corrected chi connectivity index (χ0v) is 14.7. The first-order chi connectivity index (χ1) is 13.1. The molecule has 0 aromatic heterocycles. The first-order valence-corrected chi connectivity index (χ1v) is 8.09. The number of aryl methyl sites for hydroxylation is 1. The number of alkyl halides is 3. The van der Waals surface area contributed by atoms with Crippen molar-refractivity contribution in [2.24, 2.45) is 0 Å². The number of nitrogens with zero attached hydrogens (tertiary/aromatic N) is 1. The lowest BCUT2D eigenvalue weighted by Crippen LogP contribution is -2.35. The summed E-state index contributed by atoms with van der Waals surface area (Å²) in [4.78, 5) is 22.3. The number of carbonyl (C=O) groups is 1. The molecule has 1 atom stereocenters. The number of benzene rings is 2. The van der Waals surface area contributed by atoms with E-state index in [1.165, 1.54) is 25.1 Å². The van der Waals surface area contributed by atoms with E-state index in [4.69, 9.17) is 4.74 Å². The molecule has 2 aromatic rings. The number of amides is 1. The first-order valence-electron chi connectivity index (χ1n) is 8.09. The van der Waals surface area contributed by atoms with E-state index in [1.807, 2.05) is 0 Å². The molecule has 0 saturated carbocycles. The van der Waals surface area contributed by atoms with Crippen LogP contribution in [0.15, 0.2) is 42.5 Å². The zero-order valence-electron chi connectivity index (χ0n) is 14.7. The highest BCUT2D eigenvalue weighted by molar-refractivity contribution is 5.94. The molecule has 0 radical (unpaired) electrons. The van der Waals surface area contributed by atoms with Crippen molar-refractivity contribution in [1.82, 2.24) is 5.32 Å². The van der Waals surface area contributed by atoms with E-state index in [0.717, 1.165) is 24.3 Å². The van der Waals surface area contributed by atoms with E-state index in [0.29, 0.717) is 5.56 Å². The maximum Gasteiger partial charge on any atom is 0.416 e. The molecular weight excluding hydrogens is 381 g/mol. The molecule has 0 aliphatic carbocycles. The Hall–Kier alpha value is -3.14. The summed E-state index contributed by atoms with van der Waals surface area (Å²) in [6.45, 7) is 1.09. The molecule has 0 aliphatic rings. The molecule has 7 nitrogen and oxygen atoms in total. The molecular formula is C18H17F3N2O5. The number of rotatable bonds is 7. The summed E-state index contributed by atoms with van der Waals surface area (Å²) in [5.41, 5.74) is -0.407. The Bertz CT molecular complexity index is 853. The van der Waals surface area contributed by atoms with E-state index >= 15 is 0 Å². The number of nitro groups is 1. The van der Waals surface area contributed by atoms with Crippen LogP contribution in [-0.4, -0.2) is 35.2 Å². The number of aliphatic hydroxyl groups is 1. The molecule has 1 unspecified atom stereocenters. The third-order valence-electron chi connectivity index (χ3n) is 3.78. The van der Waals surface area contributed by atoms with Gasteiger partial charge in [-0.3, -0.25) is 14.9 Å². The third kappa shape index (κ3) is 5.68. The Morgan fingerprint density at radius 2 is 1.89 bits per heavy atom. The van der Waals surface area contributed by atoms with Gasteiger partial charge in [0, 0.05) is 23.7 Å². The quantitative estimate of drug-likeness (QED) is 0.551. The van der Waals surface area contributed by atoms with Crippen LogP contribution < -0.4 is 10.1 Å². The van der Waals surface area contributed by atoms with Crippen LogP contribution >= 0.6 is 0 Å². The minimum Gasteiger partial charge on any atom is -0.491 e. The van der Waals surface area contributed by atoms with Gasteiger partial charge in [-0.25, -0.2) is 0 Å². The lowest BCUT2D eigenvalue weighted by molar-refractivity contribution is -0.385. The van der Waals surface area contributed by atoms with Crippen molar-refractivity contribution in [3.63, 3.8) is 0 Å². The smallest absolute Gasteiger partial charge is 0.416 e. The number of aliphatic hydroxyl groups excluding tert-OH is 1. The zero-order chi connectivity index (χ0) is 20.9. The molecule has 0 heterocycles. The lowest BCUT2D eigenvalue weighted by Gasteiger charge is -2.14. The second-order valence-corrected chi connectivity index (χ2v) is 5.96. The van der Waals surface area contributed by atoms with Gasteiger partial charge in [0.1, 0.15) is 18.5 Å². The van der Waals surface area contributed by atoms with E-state index in [-0.39, 0.29) is 30.2 Å². The Morgan fingerprint density at radius 3 is 2.43 bits per heavy atom. The van der Waals surface area contributed by atoms with Gasteiger partial charge in [-0.1, -0.05) is 0 Å². The van der Waals surface area contributed by atoms with Gasteiger partial charge in [-0.05, 0) is 43.3 Å². The lowest BCUT2D eigenvalue weighted by atomic mass is 10.1. The van der Waals surface area contributed by atoms with Gasteiger partial charge in [-0.2, -0.15) is 13.2 Å². The molecule has 150 valence electrons. The van der Waals surface area contributed by atoms with E-state index in [9.17, 15) is 33.2 Å². The second kappa shape index (κ2) is 8.70. The van der Waals surface area contributed by atoms with Crippen molar-refractivity contribution in [3.8, 4) is 5.75 Å². The average molecular weight is 398 g/mol. The fourth-order valence-corrected chi connectivity index (χ4v) is 2.31. The number of nitrogens with one attached hydrogen (secondary N) is 1. The van der Waals surface area contributed by atoms with Crippen LogP contribution in [0.1, 0.15) is 21.5 Å². The van der Waals surface area contributed by atoms with Gasteiger partial charge in [0.05, 0.1) is 10.5 Å². The Labute approximate surface area is 157 Å². The van der Waals surface area contributed by atoms with E-state index < -0.39 is 28.7 Å². The van der Waals surface area contributed by atoms with Crippen LogP contribution in [-0.2, 0) is 6.18 Å². The molecule has 0 saturated heterocycles. The predicted molar refractivity (Wildman–Crippen MR) is 93.1 cm³/mol. The van der Waals surface area contributed by atoms with Gasteiger partial charge in [-0.15, -0.1) is 0 Å². The summed E-state index contributed by atoms with van der Waals surface area (Å²) in [6, 6.07) is 7.86. The standard InChI is InChI=1S/C18H17F3N2O5/c1-11-8-12(2-7-16(11)23(26)27)17(25)22-9-14(24)10-28-15-5-3-13(4-6-15)18(19,20)21/h2-8,14,24H,9-10H2,1H3,(H,22,25). The molecule has 2 aromatic carbocycles. The maximum atomic E-state index is 12.5. The number of carbonyl (C=O) groups excluding carboxylic acids is 1. The number of nitro benzene ring substituents is 1. The number of hydrogen-bond donors (Lipinski definition) is 2. The topological polar surface area (TPSA) is 102 Å². The van der Waals surface area contributed by atoms with Crippen LogP contribution in [0.5, 0.6) is 5.75 Å². The van der Waals surface area contributed by atoms with Crippen molar-refractivity contribution >= 4 is 11.6 Å². The van der Waals surface area contributed by atoms with Crippen LogP contribution in [0, 0.1) is 17.0 Å². The average Bonchev–Trinajstić information content (AvgIpc) is 2.63. The van der Waals surface area contributed by atoms with Crippen molar-refractivity contribution in [1.29, 1.82) is 0 Å². The van der Waals surface area contributed by atoms with Gasteiger partial charge >= 0.3 is 6.18 Å².